The first kappa shape index (κ1) is 20.7. The second kappa shape index (κ2) is 8.88. The molecule has 2 nitrogen and oxygen atoms in total. The first-order chi connectivity index (χ1) is 11.7. The van der Waals surface area contributed by atoms with Gasteiger partial charge in [0, 0.05) is 23.6 Å². The molecule has 1 fully saturated rings. The third-order valence-corrected chi connectivity index (χ3v) is 6.02. The monoisotopic (exact) mass is 366 g/mol. The van der Waals surface area contributed by atoms with E-state index < -0.39 is 0 Å². The molecule has 1 aliphatic rings. The van der Waals surface area contributed by atoms with E-state index in [1.807, 2.05) is 12.1 Å². The van der Waals surface area contributed by atoms with Crippen LogP contribution in [0.25, 0.3) is 0 Å². The van der Waals surface area contributed by atoms with Gasteiger partial charge in [0.15, 0.2) is 0 Å². The Morgan fingerprint density at radius 3 is 2.40 bits per heavy atom. The van der Waals surface area contributed by atoms with Gasteiger partial charge in [0.25, 0.3) is 0 Å². The first-order valence-electron chi connectivity index (χ1n) is 9.94. The number of benzene rings is 1. The van der Waals surface area contributed by atoms with Gasteiger partial charge in [-0.1, -0.05) is 44.0 Å². The van der Waals surface area contributed by atoms with E-state index in [0.29, 0.717) is 11.5 Å². The van der Waals surface area contributed by atoms with Crippen LogP contribution in [-0.2, 0) is 4.74 Å². The Morgan fingerprint density at radius 2 is 1.80 bits per heavy atom. The summed E-state index contributed by atoms with van der Waals surface area (Å²) >= 11 is 6.01. The average Bonchev–Trinajstić information content (AvgIpc) is 2.53. The van der Waals surface area contributed by atoms with Gasteiger partial charge in [-0.3, -0.25) is 0 Å². The molecule has 0 aromatic heterocycles. The molecule has 0 saturated carbocycles. The lowest BCUT2D eigenvalue weighted by molar-refractivity contribution is -0.694. The summed E-state index contributed by atoms with van der Waals surface area (Å²) in [6, 6.07) is 8.76. The summed E-state index contributed by atoms with van der Waals surface area (Å²) in [5.74, 6) is 0.778. The molecular weight excluding hydrogens is 330 g/mol. The molecule has 2 N–H and O–H groups in total. The van der Waals surface area contributed by atoms with Crippen LogP contribution in [0.3, 0.4) is 0 Å². The predicted octanol–water partition coefficient (Wildman–Crippen LogP) is 5.37. The topological polar surface area (TPSA) is 25.8 Å². The van der Waals surface area contributed by atoms with Crippen LogP contribution in [0.1, 0.15) is 78.3 Å². The normalized spacial score (nSPS) is 24.4. The Bertz CT molecular complexity index is 525. The summed E-state index contributed by atoms with van der Waals surface area (Å²) in [6.45, 7) is 13.6. The third-order valence-electron chi connectivity index (χ3n) is 5.77. The average molecular weight is 367 g/mol. The third kappa shape index (κ3) is 6.58. The largest absolute Gasteiger partial charge is 0.376 e. The minimum atomic E-state index is 0.0248. The van der Waals surface area contributed by atoms with Crippen LogP contribution in [0.2, 0.25) is 5.02 Å². The highest BCUT2D eigenvalue weighted by Crippen LogP contribution is 2.45. The molecule has 2 rings (SSSR count). The van der Waals surface area contributed by atoms with Gasteiger partial charge in [-0.15, -0.1) is 0 Å². The van der Waals surface area contributed by atoms with Crippen LogP contribution in [0.15, 0.2) is 24.3 Å². The minimum Gasteiger partial charge on any atom is -0.376 e. The van der Waals surface area contributed by atoms with E-state index in [9.17, 15) is 0 Å². The van der Waals surface area contributed by atoms with E-state index in [4.69, 9.17) is 16.3 Å². The number of hydrogen-bond acceptors (Lipinski definition) is 1. The van der Waals surface area contributed by atoms with Gasteiger partial charge in [0.1, 0.15) is 6.04 Å². The highest BCUT2D eigenvalue weighted by molar-refractivity contribution is 6.30. The van der Waals surface area contributed by atoms with Gasteiger partial charge in [-0.2, -0.15) is 0 Å². The van der Waals surface area contributed by atoms with Crippen LogP contribution in [0.5, 0.6) is 0 Å². The zero-order valence-corrected chi connectivity index (χ0v) is 17.5. The maximum atomic E-state index is 6.01. The first-order valence-corrected chi connectivity index (χ1v) is 10.3. The van der Waals surface area contributed by atoms with Crippen LogP contribution < -0.4 is 5.32 Å². The van der Waals surface area contributed by atoms with Gasteiger partial charge in [0.2, 0.25) is 0 Å². The Balaban J connectivity index is 1.93. The maximum absolute atomic E-state index is 6.01. The number of nitrogens with two attached hydrogens (primary N) is 1. The summed E-state index contributed by atoms with van der Waals surface area (Å²) < 4.78 is 6.01. The molecule has 1 aromatic carbocycles. The Hall–Kier alpha value is -0.570. The van der Waals surface area contributed by atoms with Crippen molar-refractivity contribution >= 4 is 11.6 Å². The highest BCUT2D eigenvalue weighted by atomic mass is 35.5. The van der Waals surface area contributed by atoms with E-state index in [-0.39, 0.29) is 5.60 Å². The Labute approximate surface area is 159 Å². The maximum Gasteiger partial charge on any atom is 0.109 e. The fraction of sp³-hybridized carbons (Fsp3) is 0.727. The molecule has 0 spiro atoms. The highest BCUT2D eigenvalue weighted by Gasteiger charge is 2.40. The van der Waals surface area contributed by atoms with Crippen LogP contribution >= 0.6 is 11.6 Å². The number of rotatable bonds is 8. The van der Waals surface area contributed by atoms with Crippen LogP contribution in [-0.4, -0.2) is 18.8 Å². The number of hydrogen-bond donors (Lipinski definition) is 1. The summed E-state index contributed by atoms with van der Waals surface area (Å²) in [4.78, 5) is 0. The van der Waals surface area contributed by atoms with Gasteiger partial charge in [-0.25, -0.2) is 0 Å². The van der Waals surface area contributed by atoms with Crippen molar-refractivity contribution in [1.29, 1.82) is 0 Å². The Morgan fingerprint density at radius 1 is 1.12 bits per heavy atom. The number of quaternary nitrogens is 1. The SMILES string of the molecule is CC(C)CC[C@]1(CC[NH2+][C@@H](C)c2ccc(Cl)cc2)CCOC(C)(C)C1. The Kier molecular flexibility index (Phi) is 7.37. The standard InChI is InChI=1S/C22H36ClNO/c1-17(2)10-11-22(13-15-25-21(4,5)16-22)12-14-24-18(3)19-6-8-20(23)9-7-19/h6-9,17-18,24H,10-16H2,1-5H3/p+1/t18-,22-/m0/s1. The van der Waals surface area contributed by atoms with Crippen LogP contribution in [0, 0.1) is 11.3 Å². The van der Waals surface area contributed by atoms with Crippen molar-refractivity contribution in [3.63, 3.8) is 0 Å². The lowest BCUT2D eigenvalue weighted by Gasteiger charge is -2.45. The van der Waals surface area contributed by atoms with Gasteiger partial charge < -0.3 is 10.1 Å². The molecule has 142 valence electrons. The molecule has 25 heavy (non-hydrogen) atoms. The summed E-state index contributed by atoms with van der Waals surface area (Å²) in [5, 5.41) is 3.30. The number of ether oxygens (including phenoxy) is 1. The number of halogens is 1. The fourth-order valence-electron chi connectivity index (χ4n) is 4.27. The second-order valence-corrected chi connectivity index (χ2v) is 9.52. The molecule has 0 bridgehead atoms. The van der Waals surface area contributed by atoms with Crippen LogP contribution in [0.4, 0.5) is 0 Å². The lowest BCUT2D eigenvalue weighted by atomic mass is 9.68. The summed E-state index contributed by atoms with van der Waals surface area (Å²) in [7, 11) is 0. The van der Waals surface area contributed by atoms with Crippen molar-refractivity contribution in [2.45, 2.75) is 78.4 Å². The van der Waals surface area contributed by atoms with Gasteiger partial charge in [-0.05, 0) is 63.5 Å². The van der Waals surface area contributed by atoms with Gasteiger partial charge in [0.05, 0.1) is 12.1 Å². The molecular formula is C22H37ClNO+. The molecule has 1 aromatic rings. The summed E-state index contributed by atoms with van der Waals surface area (Å²) in [6.07, 6.45) is 6.34. The molecule has 0 unspecified atom stereocenters. The van der Waals surface area contributed by atoms with Gasteiger partial charge >= 0.3 is 0 Å². The van der Waals surface area contributed by atoms with Crippen molar-refractivity contribution in [2.24, 2.45) is 11.3 Å². The van der Waals surface area contributed by atoms with E-state index >= 15 is 0 Å². The molecule has 1 saturated heterocycles. The lowest BCUT2D eigenvalue weighted by Crippen LogP contribution is -2.85. The zero-order chi connectivity index (χ0) is 18.5. The molecule has 0 radical (unpaired) electrons. The minimum absolute atomic E-state index is 0.0248. The quantitative estimate of drug-likeness (QED) is 0.657. The van der Waals surface area contributed by atoms with Crippen molar-refractivity contribution in [2.75, 3.05) is 13.2 Å². The zero-order valence-electron chi connectivity index (χ0n) is 16.8. The van der Waals surface area contributed by atoms with Crippen molar-refractivity contribution in [3.8, 4) is 0 Å². The van der Waals surface area contributed by atoms with E-state index in [2.05, 4.69) is 52.1 Å². The molecule has 0 aliphatic carbocycles. The van der Waals surface area contributed by atoms with E-state index in [1.54, 1.807) is 0 Å². The molecule has 1 aliphatic heterocycles. The predicted molar refractivity (Wildman–Crippen MR) is 107 cm³/mol. The molecule has 0 amide bonds. The molecule has 2 atom stereocenters. The second-order valence-electron chi connectivity index (χ2n) is 9.08. The van der Waals surface area contributed by atoms with Crippen molar-refractivity contribution in [3.05, 3.63) is 34.9 Å². The van der Waals surface area contributed by atoms with E-state index in [0.717, 1.165) is 17.5 Å². The smallest absolute Gasteiger partial charge is 0.109 e. The van der Waals surface area contributed by atoms with Crippen molar-refractivity contribution < 1.29 is 10.1 Å². The fourth-order valence-corrected chi connectivity index (χ4v) is 4.40. The van der Waals surface area contributed by atoms with E-state index in [1.165, 1.54) is 44.2 Å². The summed E-state index contributed by atoms with van der Waals surface area (Å²) in [5.41, 5.74) is 1.83. The molecule has 1 heterocycles. The van der Waals surface area contributed by atoms with Crippen molar-refractivity contribution in [1.82, 2.24) is 0 Å². The molecule has 3 heteroatoms.